The highest BCUT2D eigenvalue weighted by molar-refractivity contribution is 14.0. The van der Waals surface area contributed by atoms with Crippen molar-refractivity contribution in [2.75, 3.05) is 19.0 Å². The molecule has 0 unspecified atom stereocenters. The maximum Gasteiger partial charge on any atom is 0.193 e. The lowest BCUT2D eigenvalue weighted by Crippen LogP contribution is -2.24. The summed E-state index contributed by atoms with van der Waals surface area (Å²) in [7, 11) is 3.63. The fourth-order valence-electron chi connectivity index (χ4n) is 2.57. The fraction of sp³-hybridized carbons (Fsp3) is 0.412. The van der Waals surface area contributed by atoms with Crippen molar-refractivity contribution in [2.24, 2.45) is 17.8 Å². The van der Waals surface area contributed by atoms with E-state index in [4.69, 9.17) is 10.5 Å². The summed E-state index contributed by atoms with van der Waals surface area (Å²) in [5.41, 5.74) is 11.4. The topological polar surface area (TPSA) is 77.5 Å². The largest absolute Gasteiger partial charge is 0.380 e. The predicted molar refractivity (Wildman–Crippen MR) is 109 cm³/mol. The Morgan fingerprint density at radius 2 is 2.04 bits per heavy atom. The average molecular weight is 443 g/mol. The van der Waals surface area contributed by atoms with Gasteiger partial charge in [0.15, 0.2) is 5.96 Å². The van der Waals surface area contributed by atoms with Crippen molar-refractivity contribution in [3.63, 3.8) is 0 Å². The Morgan fingerprint density at radius 3 is 2.67 bits per heavy atom. The van der Waals surface area contributed by atoms with Crippen molar-refractivity contribution in [1.82, 2.24) is 9.78 Å². The molecule has 1 aromatic carbocycles. The Morgan fingerprint density at radius 1 is 1.33 bits per heavy atom. The van der Waals surface area contributed by atoms with Gasteiger partial charge in [-0.25, -0.2) is 0 Å². The molecular weight excluding hydrogens is 417 g/mol. The summed E-state index contributed by atoms with van der Waals surface area (Å²) in [6.45, 7) is 5.25. The number of guanidine groups is 1. The number of para-hydroxylation sites is 1. The molecule has 0 aliphatic carbocycles. The minimum atomic E-state index is 0. The predicted octanol–water partition coefficient (Wildman–Crippen LogP) is 2.77. The van der Waals surface area contributed by atoms with Gasteiger partial charge in [-0.15, -0.1) is 24.0 Å². The lowest BCUT2D eigenvalue weighted by Gasteiger charge is -2.10. The average Bonchev–Trinajstić information content (AvgIpc) is 2.76. The van der Waals surface area contributed by atoms with Crippen molar-refractivity contribution in [3.05, 3.63) is 46.8 Å². The molecule has 0 aliphatic rings. The summed E-state index contributed by atoms with van der Waals surface area (Å²) in [5.74, 6) is 0.410. The number of aryl methyl sites for hydroxylation is 2. The monoisotopic (exact) mass is 443 g/mol. The number of aromatic nitrogens is 2. The molecule has 0 spiro atoms. The second kappa shape index (κ2) is 9.63. The summed E-state index contributed by atoms with van der Waals surface area (Å²) >= 11 is 0. The number of nitrogens with zero attached hydrogens (tertiary/aromatic N) is 3. The van der Waals surface area contributed by atoms with Gasteiger partial charge >= 0.3 is 0 Å². The van der Waals surface area contributed by atoms with Gasteiger partial charge in [0.2, 0.25) is 0 Å². The highest BCUT2D eigenvalue weighted by Crippen LogP contribution is 2.16. The molecule has 0 radical (unpaired) electrons. The summed E-state index contributed by atoms with van der Waals surface area (Å²) in [4.78, 5) is 4.41. The number of benzene rings is 1. The van der Waals surface area contributed by atoms with Gasteiger partial charge in [0.25, 0.3) is 0 Å². The number of hydrogen-bond donors (Lipinski definition) is 2. The Kier molecular flexibility index (Phi) is 8.20. The van der Waals surface area contributed by atoms with Crippen LogP contribution in [0.15, 0.2) is 29.3 Å². The minimum absolute atomic E-state index is 0. The van der Waals surface area contributed by atoms with Crippen LogP contribution in [0.5, 0.6) is 0 Å². The third kappa shape index (κ3) is 5.20. The number of nitrogens with two attached hydrogens (primary N) is 1. The first kappa shape index (κ1) is 20.4. The molecule has 1 aromatic heterocycles. The number of rotatable bonds is 6. The number of methoxy groups -OCH3 is 1. The van der Waals surface area contributed by atoms with Crippen LogP contribution in [0.1, 0.15) is 22.5 Å². The van der Waals surface area contributed by atoms with Crippen LogP contribution in [-0.4, -0.2) is 29.4 Å². The summed E-state index contributed by atoms with van der Waals surface area (Å²) in [6.07, 6.45) is 0.827. The van der Waals surface area contributed by atoms with Crippen LogP contribution in [0.25, 0.3) is 0 Å². The molecule has 0 saturated carbocycles. The van der Waals surface area contributed by atoms with Gasteiger partial charge in [-0.3, -0.25) is 9.67 Å². The lowest BCUT2D eigenvalue weighted by atomic mass is 10.1. The number of ether oxygens (including phenoxy) is 1. The number of hydrogen-bond acceptors (Lipinski definition) is 3. The maximum atomic E-state index is 5.99. The quantitative estimate of drug-likeness (QED) is 0.409. The SMILES string of the molecule is COCc1ccccc1NC(N)=NCCc1c(C)nn(C)c1C.I. The lowest BCUT2D eigenvalue weighted by molar-refractivity contribution is 0.185. The van der Waals surface area contributed by atoms with E-state index < -0.39 is 0 Å². The number of halogens is 1. The van der Waals surface area contributed by atoms with Crippen molar-refractivity contribution >= 4 is 35.6 Å². The molecule has 2 aromatic rings. The van der Waals surface area contributed by atoms with Gasteiger partial charge in [0, 0.05) is 37.6 Å². The van der Waals surface area contributed by atoms with Crippen LogP contribution < -0.4 is 11.1 Å². The first-order chi connectivity index (χ1) is 11.0. The molecule has 0 fully saturated rings. The molecule has 0 bridgehead atoms. The maximum absolute atomic E-state index is 5.99. The third-order valence-electron chi connectivity index (χ3n) is 3.88. The second-order valence-corrected chi connectivity index (χ2v) is 5.51. The molecular formula is C17H26IN5O. The smallest absolute Gasteiger partial charge is 0.193 e. The first-order valence-corrected chi connectivity index (χ1v) is 7.65. The second-order valence-electron chi connectivity index (χ2n) is 5.51. The van der Waals surface area contributed by atoms with E-state index in [1.807, 2.05) is 42.9 Å². The van der Waals surface area contributed by atoms with Gasteiger partial charge < -0.3 is 15.8 Å². The zero-order valence-electron chi connectivity index (χ0n) is 14.7. The van der Waals surface area contributed by atoms with Gasteiger partial charge in [-0.2, -0.15) is 5.10 Å². The number of aliphatic imine (C=N–C) groups is 1. The molecule has 132 valence electrons. The normalized spacial score (nSPS) is 11.2. The van der Waals surface area contributed by atoms with Crippen LogP contribution in [0.3, 0.4) is 0 Å². The highest BCUT2D eigenvalue weighted by atomic mass is 127. The Hall–Kier alpha value is -1.61. The Bertz CT molecular complexity index is 696. The van der Waals surface area contributed by atoms with E-state index in [2.05, 4.69) is 22.3 Å². The highest BCUT2D eigenvalue weighted by Gasteiger charge is 2.08. The molecule has 7 heteroatoms. The van der Waals surface area contributed by atoms with Crippen LogP contribution >= 0.6 is 24.0 Å². The minimum Gasteiger partial charge on any atom is -0.380 e. The molecule has 0 amide bonds. The van der Waals surface area contributed by atoms with E-state index >= 15 is 0 Å². The van der Waals surface area contributed by atoms with Gasteiger partial charge in [-0.1, -0.05) is 18.2 Å². The van der Waals surface area contributed by atoms with Gasteiger partial charge in [-0.05, 0) is 31.9 Å². The van der Waals surface area contributed by atoms with Crippen LogP contribution in [-0.2, 0) is 24.8 Å². The van der Waals surface area contributed by atoms with E-state index in [0.29, 0.717) is 19.1 Å². The Balaban J connectivity index is 0.00000288. The summed E-state index contributed by atoms with van der Waals surface area (Å²) < 4.78 is 7.09. The zero-order chi connectivity index (χ0) is 16.8. The van der Waals surface area contributed by atoms with E-state index in [-0.39, 0.29) is 24.0 Å². The van der Waals surface area contributed by atoms with Crippen LogP contribution in [0.4, 0.5) is 5.69 Å². The van der Waals surface area contributed by atoms with Gasteiger partial charge in [0.1, 0.15) is 0 Å². The van der Waals surface area contributed by atoms with E-state index in [1.54, 1.807) is 7.11 Å². The first-order valence-electron chi connectivity index (χ1n) is 7.65. The van der Waals surface area contributed by atoms with E-state index in [1.165, 1.54) is 11.3 Å². The molecule has 3 N–H and O–H groups in total. The molecule has 1 heterocycles. The fourth-order valence-corrected chi connectivity index (χ4v) is 2.57. The standard InChI is InChI=1S/C17H25N5O.HI/c1-12-15(13(2)22(3)21-12)9-10-19-17(18)20-16-8-6-5-7-14(16)11-23-4;/h5-8H,9-11H2,1-4H3,(H3,18,19,20);1H. The van der Waals surface area contributed by atoms with E-state index in [0.717, 1.165) is 23.4 Å². The number of nitrogens with one attached hydrogen (secondary N) is 1. The molecule has 2 rings (SSSR count). The van der Waals surface area contributed by atoms with Crippen LogP contribution in [0.2, 0.25) is 0 Å². The zero-order valence-corrected chi connectivity index (χ0v) is 17.0. The molecule has 6 nitrogen and oxygen atoms in total. The molecule has 24 heavy (non-hydrogen) atoms. The van der Waals surface area contributed by atoms with Crippen LogP contribution in [0, 0.1) is 13.8 Å². The van der Waals surface area contributed by atoms with Crippen molar-refractivity contribution in [3.8, 4) is 0 Å². The molecule has 0 atom stereocenters. The summed E-state index contributed by atoms with van der Waals surface area (Å²) in [6, 6.07) is 7.89. The molecule has 0 aliphatic heterocycles. The van der Waals surface area contributed by atoms with Gasteiger partial charge in [0.05, 0.1) is 12.3 Å². The third-order valence-corrected chi connectivity index (χ3v) is 3.88. The van der Waals surface area contributed by atoms with Crippen molar-refractivity contribution in [2.45, 2.75) is 26.9 Å². The van der Waals surface area contributed by atoms with Crippen molar-refractivity contribution < 1.29 is 4.74 Å². The van der Waals surface area contributed by atoms with E-state index in [9.17, 15) is 0 Å². The molecule has 0 saturated heterocycles. The summed E-state index contributed by atoms with van der Waals surface area (Å²) in [5, 5.41) is 7.56. The number of anilines is 1. The Labute approximate surface area is 160 Å². The van der Waals surface area contributed by atoms with Crippen molar-refractivity contribution in [1.29, 1.82) is 0 Å².